The Kier molecular flexibility index (Phi) is 5.68. The van der Waals surface area contributed by atoms with Crippen molar-refractivity contribution >= 4 is 21.9 Å². The molecule has 0 atom stereocenters. The predicted octanol–water partition coefficient (Wildman–Crippen LogP) is 1.71. The van der Waals surface area contributed by atoms with Crippen molar-refractivity contribution in [1.82, 2.24) is 4.90 Å². The van der Waals surface area contributed by atoms with E-state index in [0.717, 1.165) is 0 Å². The predicted molar refractivity (Wildman–Crippen MR) is 79.4 cm³/mol. The number of carbonyl (C=O) groups excluding carboxylic acids is 2. The Morgan fingerprint density at radius 2 is 1.64 bits per heavy atom. The van der Waals surface area contributed by atoms with Crippen molar-refractivity contribution in [3.05, 3.63) is 30.3 Å². The largest absolute Gasteiger partial charge is 0.296 e. The minimum absolute atomic E-state index is 0.0352. The van der Waals surface area contributed by atoms with Gasteiger partial charge in [0.2, 0.25) is 11.8 Å². The molecule has 1 fully saturated rings. The number of imide groups is 1. The average molecular weight is 325 g/mol. The highest BCUT2D eigenvalue weighted by Crippen LogP contribution is 2.14. The smallest absolute Gasteiger partial charge is 0.283 e. The van der Waals surface area contributed by atoms with Gasteiger partial charge in [0.05, 0.1) is 11.5 Å². The van der Waals surface area contributed by atoms with Crippen LogP contribution in [-0.2, 0) is 23.9 Å². The van der Waals surface area contributed by atoms with Gasteiger partial charge in [-0.05, 0) is 31.4 Å². The molecule has 22 heavy (non-hydrogen) atoms. The number of hydrogen-bond donors (Lipinski definition) is 0. The number of benzene rings is 1. The number of unbranched alkanes of at least 4 members (excludes halogenated alkanes) is 1. The number of nitrogens with zero attached hydrogens (tertiary/aromatic N) is 1. The van der Waals surface area contributed by atoms with Crippen LogP contribution in [0.4, 0.5) is 0 Å². The Hall–Kier alpha value is -1.73. The zero-order valence-corrected chi connectivity index (χ0v) is 13.0. The number of rotatable bonds is 7. The van der Waals surface area contributed by atoms with Crippen LogP contribution in [0.2, 0.25) is 0 Å². The molecule has 1 aliphatic rings. The summed E-state index contributed by atoms with van der Waals surface area (Å²) in [6.07, 6.45) is 2.42. The molecule has 6 nitrogen and oxygen atoms in total. The normalized spacial score (nSPS) is 16.1. The van der Waals surface area contributed by atoms with Crippen LogP contribution < -0.4 is 0 Å². The molecule has 0 spiro atoms. The van der Waals surface area contributed by atoms with E-state index in [1.165, 1.54) is 17.0 Å². The van der Waals surface area contributed by atoms with Gasteiger partial charge in [0.15, 0.2) is 0 Å². The van der Waals surface area contributed by atoms with E-state index in [9.17, 15) is 18.0 Å². The summed E-state index contributed by atoms with van der Waals surface area (Å²) in [5.41, 5.74) is 0. The van der Waals surface area contributed by atoms with Crippen molar-refractivity contribution in [1.29, 1.82) is 0 Å². The van der Waals surface area contributed by atoms with Crippen molar-refractivity contribution in [2.75, 3.05) is 13.2 Å². The van der Waals surface area contributed by atoms with E-state index in [1.807, 2.05) is 0 Å². The molecule has 0 bridgehead atoms. The molecule has 0 aromatic heterocycles. The lowest BCUT2D eigenvalue weighted by molar-refractivity contribution is -0.148. The van der Waals surface area contributed by atoms with Crippen molar-refractivity contribution < 1.29 is 22.2 Å². The van der Waals surface area contributed by atoms with Crippen LogP contribution in [0.15, 0.2) is 35.2 Å². The van der Waals surface area contributed by atoms with E-state index in [1.54, 1.807) is 18.2 Å². The van der Waals surface area contributed by atoms with Crippen molar-refractivity contribution in [2.24, 2.45) is 0 Å². The number of likely N-dealkylation sites (tertiary alicyclic amines) is 1. The third kappa shape index (κ3) is 4.38. The minimum atomic E-state index is -3.73. The lowest BCUT2D eigenvalue weighted by Crippen LogP contribution is -2.40. The fourth-order valence-electron chi connectivity index (χ4n) is 2.25. The van der Waals surface area contributed by atoms with Gasteiger partial charge in [-0.3, -0.25) is 18.7 Å². The standard InChI is InChI=1S/C15H19NO5S/c17-14-9-6-10-15(18)16(14)11-4-5-12-21-22(19,20)13-7-2-1-3-8-13/h1-3,7-8H,4-6,9-12H2. The van der Waals surface area contributed by atoms with Crippen LogP contribution in [0.5, 0.6) is 0 Å². The number of piperidine rings is 1. The van der Waals surface area contributed by atoms with Crippen LogP contribution in [0.25, 0.3) is 0 Å². The van der Waals surface area contributed by atoms with E-state index in [4.69, 9.17) is 4.18 Å². The van der Waals surface area contributed by atoms with Crippen molar-refractivity contribution in [3.63, 3.8) is 0 Å². The zero-order chi connectivity index (χ0) is 16.0. The number of carbonyl (C=O) groups is 2. The molecule has 1 saturated heterocycles. The van der Waals surface area contributed by atoms with E-state index in [0.29, 0.717) is 38.6 Å². The van der Waals surface area contributed by atoms with Gasteiger partial charge in [0, 0.05) is 19.4 Å². The molecule has 0 aliphatic carbocycles. The Bertz CT molecular complexity index is 611. The van der Waals surface area contributed by atoms with E-state index in [-0.39, 0.29) is 23.3 Å². The first kappa shape index (κ1) is 16.6. The second-order valence-corrected chi connectivity index (χ2v) is 6.70. The maximum absolute atomic E-state index is 11.9. The Labute approximate surface area is 130 Å². The summed E-state index contributed by atoms with van der Waals surface area (Å²) in [4.78, 5) is 24.6. The molecule has 1 aromatic rings. The van der Waals surface area contributed by atoms with Gasteiger partial charge in [-0.2, -0.15) is 8.42 Å². The highest BCUT2D eigenvalue weighted by molar-refractivity contribution is 7.86. The summed E-state index contributed by atoms with van der Waals surface area (Å²) in [7, 11) is -3.73. The van der Waals surface area contributed by atoms with Crippen molar-refractivity contribution in [3.8, 4) is 0 Å². The molecule has 0 unspecified atom stereocenters. The molecular formula is C15H19NO5S. The quantitative estimate of drug-likeness (QED) is 0.433. The molecule has 1 heterocycles. The molecule has 1 aliphatic heterocycles. The van der Waals surface area contributed by atoms with E-state index >= 15 is 0 Å². The second kappa shape index (κ2) is 7.51. The third-order valence-electron chi connectivity index (χ3n) is 3.43. The van der Waals surface area contributed by atoms with Gasteiger partial charge in [0.25, 0.3) is 10.1 Å². The summed E-state index contributed by atoms with van der Waals surface area (Å²) in [5.74, 6) is -0.289. The second-order valence-electron chi connectivity index (χ2n) is 5.09. The summed E-state index contributed by atoms with van der Waals surface area (Å²) >= 11 is 0. The lowest BCUT2D eigenvalue weighted by atomic mass is 10.1. The molecular weight excluding hydrogens is 306 g/mol. The van der Waals surface area contributed by atoms with Gasteiger partial charge >= 0.3 is 0 Å². The number of amides is 2. The number of hydrogen-bond acceptors (Lipinski definition) is 5. The highest BCUT2D eigenvalue weighted by Gasteiger charge is 2.25. The van der Waals surface area contributed by atoms with Crippen molar-refractivity contribution in [2.45, 2.75) is 37.0 Å². The lowest BCUT2D eigenvalue weighted by Gasteiger charge is -2.24. The molecule has 2 rings (SSSR count). The van der Waals surface area contributed by atoms with Crippen LogP contribution in [0.1, 0.15) is 32.1 Å². The van der Waals surface area contributed by atoms with Gasteiger partial charge in [-0.15, -0.1) is 0 Å². The van der Waals surface area contributed by atoms with Crippen LogP contribution in [0.3, 0.4) is 0 Å². The van der Waals surface area contributed by atoms with E-state index in [2.05, 4.69) is 0 Å². The third-order valence-corrected chi connectivity index (χ3v) is 4.76. The average Bonchev–Trinajstić information content (AvgIpc) is 2.50. The van der Waals surface area contributed by atoms with Crippen LogP contribution in [0, 0.1) is 0 Å². The SMILES string of the molecule is O=C1CCCC(=O)N1CCCCOS(=O)(=O)c1ccccc1. The molecule has 120 valence electrons. The first-order valence-electron chi connectivity index (χ1n) is 7.28. The minimum Gasteiger partial charge on any atom is -0.283 e. The summed E-state index contributed by atoms with van der Waals surface area (Å²) in [6.45, 7) is 0.361. The fourth-order valence-corrected chi connectivity index (χ4v) is 3.21. The maximum atomic E-state index is 11.9. The Morgan fingerprint density at radius 1 is 1.00 bits per heavy atom. The highest BCUT2D eigenvalue weighted by atomic mass is 32.2. The summed E-state index contributed by atoms with van der Waals surface area (Å²) in [6, 6.07) is 7.93. The van der Waals surface area contributed by atoms with Gasteiger partial charge < -0.3 is 0 Å². The topological polar surface area (TPSA) is 80.8 Å². The molecule has 0 saturated carbocycles. The fraction of sp³-hybridized carbons (Fsp3) is 0.467. The van der Waals surface area contributed by atoms with Crippen LogP contribution >= 0.6 is 0 Å². The van der Waals surface area contributed by atoms with Gasteiger partial charge in [0.1, 0.15) is 0 Å². The molecule has 1 aromatic carbocycles. The van der Waals surface area contributed by atoms with E-state index < -0.39 is 10.1 Å². The molecule has 7 heteroatoms. The molecule has 0 N–H and O–H groups in total. The van der Waals surface area contributed by atoms with Gasteiger partial charge in [-0.1, -0.05) is 18.2 Å². The first-order valence-corrected chi connectivity index (χ1v) is 8.69. The monoisotopic (exact) mass is 325 g/mol. The maximum Gasteiger partial charge on any atom is 0.296 e. The van der Waals surface area contributed by atoms with Crippen LogP contribution in [-0.4, -0.2) is 38.3 Å². The Morgan fingerprint density at radius 3 is 2.27 bits per heavy atom. The Balaban J connectivity index is 1.73. The molecule has 0 radical (unpaired) electrons. The molecule has 2 amide bonds. The van der Waals surface area contributed by atoms with Gasteiger partial charge in [-0.25, -0.2) is 0 Å². The first-order chi connectivity index (χ1) is 10.5. The zero-order valence-electron chi connectivity index (χ0n) is 12.2. The summed E-state index contributed by atoms with van der Waals surface area (Å²) in [5, 5.41) is 0. The summed E-state index contributed by atoms with van der Waals surface area (Å²) < 4.78 is 28.7.